The third kappa shape index (κ3) is 2.53. The minimum atomic E-state index is -1.81. The van der Waals surface area contributed by atoms with Crippen LogP contribution in [0.4, 0.5) is 0 Å². The van der Waals surface area contributed by atoms with Crippen LogP contribution in [0.1, 0.15) is 0 Å². The molecule has 0 aromatic rings. The lowest BCUT2D eigenvalue weighted by Gasteiger charge is -2.32. The fourth-order valence-electron chi connectivity index (χ4n) is 1.45. The maximum Gasteiger partial charge on any atom is 0.254 e. The van der Waals surface area contributed by atoms with E-state index in [0.29, 0.717) is 0 Å². The molecule has 0 saturated carbocycles. The molecule has 94 valence electrons. The van der Waals surface area contributed by atoms with E-state index in [1.165, 1.54) is 14.2 Å². The quantitative estimate of drug-likeness (QED) is 0.606. The highest BCUT2D eigenvalue weighted by molar-refractivity contribution is 6.76. The second kappa shape index (κ2) is 4.55. The maximum absolute atomic E-state index is 11.6. The van der Waals surface area contributed by atoms with Crippen molar-refractivity contribution in [3.05, 3.63) is 11.5 Å². The first-order valence-electron chi connectivity index (χ1n) is 5.36. The van der Waals surface area contributed by atoms with Crippen molar-refractivity contribution in [1.82, 2.24) is 0 Å². The van der Waals surface area contributed by atoms with Gasteiger partial charge in [0.05, 0.1) is 22.3 Å². The number of ketones is 1. The third-order valence-corrected chi connectivity index (χ3v) is 3.60. The molecule has 5 heteroatoms. The minimum Gasteiger partial charge on any atom is -0.493 e. The van der Waals surface area contributed by atoms with E-state index in [1.54, 1.807) is 0 Å². The Hall–Kier alpha value is -1.25. The minimum absolute atomic E-state index is 0.0531. The molecule has 1 aliphatic rings. The summed E-state index contributed by atoms with van der Waals surface area (Å²) in [6.07, 6.45) is 0. The molecule has 1 N–H and O–H groups in total. The summed E-state index contributed by atoms with van der Waals surface area (Å²) in [4.78, 5) is 11.6. The summed E-state index contributed by atoms with van der Waals surface area (Å²) in [5.41, 5.74) is -1.81. The Morgan fingerprint density at radius 3 is 2.29 bits per heavy atom. The fraction of sp³-hybridized carbons (Fsp3) is 0.583. The predicted octanol–water partition coefficient (Wildman–Crippen LogP) is 1.15. The molecular formula is C12H18O4Si. The van der Waals surface area contributed by atoms with E-state index in [9.17, 15) is 9.90 Å². The molecule has 0 aromatic heterocycles. The SMILES string of the molecule is COC1=C(OC)C(O)(C#CC[Si](C)(C)C)C1=O. The van der Waals surface area contributed by atoms with Gasteiger partial charge >= 0.3 is 0 Å². The molecule has 1 rings (SSSR count). The summed E-state index contributed by atoms with van der Waals surface area (Å²) in [7, 11) is 1.43. The Morgan fingerprint density at radius 1 is 1.29 bits per heavy atom. The molecule has 17 heavy (non-hydrogen) atoms. The highest BCUT2D eigenvalue weighted by atomic mass is 28.3. The second-order valence-corrected chi connectivity index (χ2v) is 10.6. The van der Waals surface area contributed by atoms with Crippen molar-refractivity contribution in [3.8, 4) is 11.8 Å². The van der Waals surface area contributed by atoms with Gasteiger partial charge < -0.3 is 14.6 Å². The summed E-state index contributed by atoms with van der Waals surface area (Å²) in [5, 5.41) is 10.1. The van der Waals surface area contributed by atoms with Crippen LogP contribution in [0.2, 0.25) is 25.7 Å². The normalized spacial score (nSPS) is 23.8. The molecule has 0 bridgehead atoms. The Kier molecular flexibility index (Phi) is 3.70. The number of rotatable bonds is 3. The highest BCUT2D eigenvalue weighted by Gasteiger charge is 2.55. The third-order valence-electron chi connectivity index (χ3n) is 2.37. The summed E-state index contributed by atoms with van der Waals surface area (Å²) in [6, 6.07) is 0.724. The number of aliphatic hydroxyl groups is 1. The van der Waals surface area contributed by atoms with Gasteiger partial charge in [-0.1, -0.05) is 25.6 Å². The lowest BCUT2D eigenvalue weighted by molar-refractivity contribution is -0.138. The van der Waals surface area contributed by atoms with Crippen LogP contribution in [0.5, 0.6) is 0 Å². The van der Waals surface area contributed by atoms with Gasteiger partial charge in [-0.3, -0.25) is 4.79 Å². The molecule has 1 aliphatic carbocycles. The van der Waals surface area contributed by atoms with E-state index in [1.807, 2.05) is 0 Å². The molecule has 0 fully saturated rings. The Morgan fingerprint density at radius 2 is 1.88 bits per heavy atom. The summed E-state index contributed by atoms with van der Waals surface area (Å²) >= 11 is 0. The van der Waals surface area contributed by atoms with Gasteiger partial charge in [-0.05, 0) is 0 Å². The zero-order valence-electron chi connectivity index (χ0n) is 10.9. The number of carbonyl (C=O) groups is 1. The van der Waals surface area contributed by atoms with E-state index in [2.05, 4.69) is 31.5 Å². The van der Waals surface area contributed by atoms with Gasteiger partial charge in [-0.2, -0.15) is 0 Å². The van der Waals surface area contributed by atoms with Crippen LogP contribution in [0.25, 0.3) is 0 Å². The zero-order chi connectivity index (χ0) is 13.3. The lowest BCUT2D eigenvalue weighted by atomic mass is 9.83. The predicted molar refractivity (Wildman–Crippen MR) is 66.9 cm³/mol. The smallest absolute Gasteiger partial charge is 0.254 e. The van der Waals surface area contributed by atoms with Crippen molar-refractivity contribution < 1.29 is 19.4 Å². The Bertz CT molecular complexity index is 422. The van der Waals surface area contributed by atoms with E-state index in [4.69, 9.17) is 9.47 Å². The number of carbonyl (C=O) groups excluding carboxylic acids is 1. The van der Waals surface area contributed by atoms with Crippen LogP contribution in [0.15, 0.2) is 11.5 Å². The van der Waals surface area contributed by atoms with Crippen LogP contribution in [-0.2, 0) is 14.3 Å². The number of methoxy groups -OCH3 is 2. The number of Topliss-reactive ketones (excluding diaryl/α,β-unsaturated/α-hetero) is 1. The van der Waals surface area contributed by atoms with Gasteiger partial charge in [-0.15, -0.1) is 5.92 Å². The van der Waals surface area contributed by atoms with Crippen molar-refractivity contribution in [1.29, 1.82) is 0 Å². The molecule has 4 nitrogen and oxygen atoms in total. The van der Waals surface area contributed by atoms with E-state index >= 15 is 0 Å². The fourth-order valence-corrected chi connectivity index (χ4v) is 2.07. The molecule has 1 atom stereocenters. The van der Waals surface area contributed by atoms with Gasteiger partial charge in [0, 0.05) is 6.04 Å². The first kappa shape index (κ1) is 13.8. The first-order chi connectivity index (χ1) is 7.76. The van der Waals surface area contributed by atoms with Gasteiger partial charge in [0.25, 0.3) is 11.4 Å². The Balaban J connectivity index is 2.92. The van der Waals surface area contributed by atoms with Crippen molar-refractivity contribution in [3.63, 3.8) is 0 Å². The lowest BCUT2D eigenvalue weighted by Crippen LogP contribution is -2.51. The van der Waals surface area contributed by atoms with Crippen molar-refractivity contribution >= 4 is 13.9 Å². The van der Waals surface area contributed by atoms with Crippen LogP contribution < -0.4 is 0 Å². The van der Waals surface area contributed by atoms with Gasteiger partial charge in [0.2, 0.25) is 5.76 Å². The van der Waals surface area contributed by atoms with E-state index < -0.39 is 19.5 Å². The van der Waals surface area contributed by atoms with Crippen LogP contribution in [0.3, 0.4) is 0 Å². The van der Waals surface area contributed by atoms with Crippen LogP contribution >= 0.6 is 0 Å². The average molecular weight is 254 g/mol. The summed E-state index contributed by atoms with van der Waals surface area (Å²) in [5.74, 6) is 5.10. The molecule has 0 saturated heterocycles. The van der Waals surface area contributed by atoms with Crippen molar-refractivity contribution in [2.45, 2.75) is 31.3 Å². The summed E-state index contributed by atoms with van der Waals surface area (Å²) < 4.78 is 9.78. The summed E-state index contributed by atoms with van der Waals surface area (Å²) in [6.45, 7) is 6.51. The largest absolute Gasteiger partial charge is 0.493 e. The van der Waals surface area contributed by atoms with Crippen molar-refractivity contribution in [2.24, 2.45) is 0 Å². The molecule has 0 heterocycles. The standard InChI is InChI=1S/C12H18O4Si/c1-15-9-10(13)12(14,11(9)16-2)7-6-8-17(3,4)5/h14H,8H2,1-5H3. The first-order valence-corrected chi connectivity index (χ1v) is 9.07. The molecule has 0 aliphatic heterocycles. The molecule has 1 unspecified atom stereocenters. The highest BCUT2D eigenvalue weighted by Crippen LogP contribution is 2.35. The van der Waals surface area contributed by atoms with Gasteiger partial charge in [0.1, 0.15) is 0 Å². The molecule has 0 aromatic carbocycles. The van der Waals surface area contributed by atoms with Crippen molar-refractivity contribution in [2.75, 3.05) is 14.2 Å². The molecule has 0 radical (unpaired) electrons. The second-order valence-electron chi connectivity index (χ2n) is 5.15. The van der Waals surface area contributed by atoms with E-state index in [-0.39, 0.29) is 11.5 Å². The van der Waals surface area contributed by atoms with Gasteiger partial charge in [-0.25, -0.2) is 0 Å². The van der Waals surface area contributed by atoms with Crippen LogP contribution in [-0.4, -0.2) is 38.8 Å². The number of hydrogen-bond acceptors (Lipinski definition) is 4. The molecule has 0 amide bonds. The average Bonchev–Trinajstić information content (AvgIpc) is 2.22. The molecule has 0 spiro atoms. The number of ether oxygens (including phenoxy) is 2. The number of hydrogen-bond donors (Lipinski definition) is 1. The molecular weight excluding hydrogens is 236 g/mol. The maximum atomic E-state index is 11.6. The Labute approximate surface area is 103 Å². The topological polar surface area (TPSA) is 55.8 Å². The zero-order valence-corrected chi connectivity index (χ0v) is 11.9. The monoisotopic (exact) mass is 254 g/mol. The van der Waals surface area contributed by atoms with E-state index in [0.717, 1.165) is 6.04 Å². The van der Waals surface area contributed by atoms with Crippen LogP contribution in [0, 0.1) is 11.8 Å². The van der Waals surface area contributed by atoms with Gasteiger partial charge in [0.15, 0.2) is 5.76 Å².